The minimum Gasteiger partial charge on any atom is -0.357 e. The molecule has 0 saturated heterocycles. The summed E-state index contributed by atoms with van der Waals surface area (Å²) in [6.07, 6.45) is -2.54. The van der Waals surface area contributed by atoms with Gasteiger partial charge in [-0.25, -0.2) is 4.99 Å². The maximum Gasteiger partial charge on any atom is 0.389 e. The molecule has 0 amide bonds. The first-order chi connectivity index (χ1) is 10.0. The number of rotatable bonds is 7. The molecule has 1 aromatic heterocycles. The van der Waals surface area contributed by atoms with E-state index >= 15 is 0 Å². The van der Waals surface area contributed by atoms with Gasteiger partial charge in [0.05, 0.1) is 12.2 Å². The van der Waals surface area contributed by atoms with Crippen molar-refractivity contribution in [2.75, 3.05) is 13.1 Å². The number of aromatic nitrogens is 1. The molecule has 0 aliphatic carbocycles. The molecule has 1 rings (SSSR count). The average molecular weight is 302 g/mol. The van der Waals surface area contributed by atoms with Crippen LogP contribution in [0.3, 0.4) is 0 Å². The zero-order valence-corrected chi connectivity index (χ0v) is 12.1. The van der Waals surface area contributed by atoms with Gasteiger partial charge in [0.2, 0.25) is 0 Å². The Morgan fingerprint density at radius 2 is 2.05 bits per heavy atom. The zero-order chi connectivity index (χ0) is 15.6. The monoisotopic (exact) mass is 302 g/mol. The van der Waals surface area contributed by atoms with Crippen LogP contribution in [0.15, 0.2) is 29.4 Å². The Kier molecular flexibility index (Phi) is 7.56. The lowest BCUT2D eigenvalue weighted by Gasteiger charge is -2.11. The standard InChI is InChI=1S/C14H21F3N4/c1-2-18-13(20-10-6-4-8-14(15,16)17)21-11-12-7-3-5-9-19-12/h3,5,7,9H,2,4,6,8,10-11H2,1H3,(H2,18,20,21). The van der Waals surface area contributed by atoms with Gasteiger partial charge in [-0.3, -0.25) is 4.98 Å². The van der Waals surface area contributed by atoms with E-state index in [4.69, 9.17) is 0 Å². The molecular formula is C14H21F3N4. The minimum absolute atomic E-state index is 0.121. The summed E-state index contributed by atoms with van der Waals surface area (Å²) in [5.41, 5.74) is 0.840. The third-order valence-corrected chi connectivity index (χ3v) is 2.65. The van der Waals surface area contributed by atoms with Crippen molar-refractivity contribution in [1.29, 1.82) is 0 Å². The van der Waals surface area contributed by atoms with Crippen molar-refractivity contribution in [1.82, 2.24) is 15.6 Å². The fraction of sp³-hybridized carbons (Fsp3) is 0.571. The summed E-state index contributed by atoms with van der Waals surface area (Å²) in [6.45, 7) is 3.51. The van der Waals surface area contributed by atoms with Crippen molar-refractivity contribution in [3.8, 4) is 0 Å². The molecule has 21 heavy (non-hydrogen) atoms. The average Bonchev–Trinajstić information content (AvgIpc) is 2.44. The molecule has 0 radical (unpaired) electrons. The van der Waals surface area contributed by atoms with Gasteiger partial charge >= 0.3 is 6.18 Å². The maximum absolute atomic E-state index is 12.0. The normalized spacial score (nSPS) is 12.3. The van der Waals surface area contributed by atoms with Crippen molar-refractivity contribution >= 4 is 5.96 Å². The summed E-state index contributed by atoms with van der Waals surface area (Å²) in [5.74, 6) is 0.593. The maximum atomic E-state index is 12.0. The van der Waals surface area contributed by atoms with Crippen LogP contribution in [0.1, 0.15) is 31.9 Å². The van der Waals surface area contributed by atoms with Gasteiger partial charge in [-0.05, 0) is 31.9 Å². The SMILES string of the molecule is CCNC(=NCc1ccccn1)NCCCCC(F)(F)F. The smallest absolute Gasteiger partial charge is 0.357 e. The van der Waals surface area contributed by atoms with Gasteiger partial charge in [0, 0.05) is 25.7 Å². The predicted molar refractivity (Wildman–Crippen MR) is 77.0 cm³/mol. The topological polar surface area (TPSA) is 49.3 Å². The lowest BCUT2D eigenvalue weighted by atomic mass is 10.2. The summed E-state index contributed by atoms with van der Waals surface area (Å²) in [5, 5.41) is 6.07. The van der Waals surface area contributed by atoms with E-state index in [0.717, 1.165) is 5.69 Å². The lowest BCUT2D eigenvalue weighted by Crippen LogP contribution is -2.37. The Hall–Kier alpha value is -1.79. The van der Waals surface area contributed by atoms with Crippen molar-refractivity contribution in [3.63, 3.8) is 0 Å². The molecule has 0 spiro atoms. The van der Waals surface area contributed by atoms with Crippen LogP contribution in [0.5, 0.6) is 0 Å². The van der Waals surface area contributed by atoms with Gasteiger partial charge in [0.15, 0.2) is 5.96 Å². The quantitative estimate of drug-likeness (QED) is 0.462. The van der Waals surface area contributed by atoms with Crippen molar-refractivity contribution in [2.24, 2.45) is 4.99 Å². The number of pyridine rings is 1. The Labute approximate surface area is 122 Å². The molecule has 0 fully saturated rings. The number of guanidine groups is 1. The van der Waals surface area contributed by atoms with Gasteiger partial charge in [0.1, 0.15) is 0 Å². The fourth-order valence-electron chi connectivity index (χ4n) is 1.65. The molecule has 1 aromatic rings. The van der Waals surface area contributed by atoms with Crippen LogP contribution in [-0.4, -0.2) is 30.2 Å². The predicted octanol–water partition coefficient (Wildman–Crippen LogP) is 2.87. The molecule has 0 bridgehead atoms. The Morgan fingerprint density at radius 3 is 2.67 bits per heavy atom. The number of aliphatic imine (C=N–C) groups is 1. The van der Waals surface area contributed by atoms with E-state index in [1.54, 1.807) is 6.20 Å². The number of hydrogen-bond acceptors (Lipinski definition) is 2. The molecule has 0 unspecified atom stereocenters. The molecule has 1 heterocycles. The number of nitrogens with one attached hydrogen (secondary N) is 2. The molecule has 4 nitrogen and oxygen atoms in total. The lowest BCUT2D eigenvalue weighted by molar-refractivity contribution is -0.135. The molecule has 7 heteroatoms. The number of halogens is 3. The molecule has 0 aliphatic heterocycles. The Bertz CT molecular complexity index is 418. The second-order valence-electron chi connectivity index (χ2n) is 4.52. The van der Waals surface area contributed by atoms with Crippen LogP contribution in [0.25, 0.3) is 0 Å². The number of alkyl halides is 3. The molecule has 0 aromatic carbocycles. The molecule has 118 valence electrons. The Balaban J connectivity index is 2.32. The summed E-state index contributed by atoms with van der Waals surface area (Å²) < 4.78 is 36.0. The highest BCUT2D eigenvalue weighted by molar-refractivity contribution is 5.79. The summed E-state index contributed by atoms with van der Waals surface area (Å²) in [7, 11) is 0. The summed E-state index contributed by atoms with van der Waals surface area (Å²) in [6, 6.07) is 5.59. The van der Waals surface area contributed by atoms with Crippen LogP contribution in [0, 0.1) is 0 Å². The van der Waals surface area contributed by atoms with E-state index in [1.807, 2.05) is 25.1 Å². The summed E-state index contributed by atoms with van der Waals surface area (Å²) in [4.78, 5) is 8.50. The van der Waals surface area contributed by atoms with Crippen LogP contribution in [-0.2, 0) is 6.54 Å². The minimum atomic E-state index is -4.07. The highest BCUT2D eigenvalue weighted by Gasteiger charge is 2.25. The van der Waals surface area contributed by atoms with Crippen molar-refractivity contribution in [2.45, 2.75) is 38.9 Å². The number of unbranched alkanes of at least 4 members (excludes halogenated alkanes) is 1. The van der Waals surface area contributed by atoms with Crippen LogP contribution >= 0.6 is 0 Å². The highest BCUT2D eigenvalue weighted by Crippen LogP contribution is 2.21. The second kappa shape index (κ2) is 9.20. The first-order valence-corrected chi connectivity index (χ1v) is 7.00. The van der Waals surface area contributed by atoms with Gasteiger partial charge in [-0.15, -0.1) is 0 Å². The fourth-order valence-corrected chi connectivity index (χ4v) is 1.65. The zero-order valence-electron chi connectivity index (χ0n) is 12.1. The molecular weight excluding hydrogens is 281 g/mol. The van der Waals surface area contributed by atoms with Crippen molar-refractivity contribution < 1.29 is 13.2 Å². The van der Waals surface area contributed by atoms with Gasteiger partial charge in [-0.1, -0.05) is 6.07 Å². The van der Waals surface area contributed by atoms with Gasteiger partial charge < -0.3 is 10.6 Å². The van der Waals surface area contributed by atoms with E-state index in [9.17, 15) is 13.2 Å². The largest absolute Gasteiger partial charge is 0.389 e. The third kappa shape index (κ3) is 8.88. The number of nitrogens with zero attached hydrogens (tertiary/aromatic N) is 2. The van der Waals surface area contributed by atoms with E-state index in [2.05, 4.69) is 20.6 Å². The van der Waals surface area contributed by atoms with E-state index in [0.29, 0.717) is 32.0 Å². The highest BCUT2D eigenvalue weighted by atomic mass is 19.4. The van der Waals surface area contributed by atoms with Crippen LogP contribution in [0.2, 0.25) is 0 Å². The molecule has 2 N–H and O–H groups in total. The molecule has 0 saturated carbocycles. The first-order valence-electron chi connectivity index (χ1n) is 7.00. The van der Waals surface area contributed by atoms with E-state index in [-0.39, 0.29) is 6.42 Å². The van der Waals surface area contributed by atoms with Crippen LogP contribution in [0.4, 0.5) is 13.2 Å². The second-order valence-corrected chi connectivity index (χ2v) is 4.52. The Morgan fingerprint density at radius 1 is 1.24 bits per heavy atom. The van der Waals surface area contributed by atoms with Crippen molar-refractivity contribution in [3.05, 3.63) is 30.1 Å². The van der Waals surface area contributed by atoms with E-state index < -0.39 is 12.6 Å². The van der Waals surface area contributed by atoms with E-state index in [1.165, 1.54) is 0 Å². The third-order valence-electron chi connectivity index (χ3n) is 2.65. The first kappa shape index (κ1) is 17.3. The van der Waals surface area contributed by atoms with Gasteiger partial charge in [0.25, 0.3) is 0 Å². The van der Waals surface area contributed by atoms with Gasteiger partial charge in [-0.2, -0.15) is 13.2 Å². The molecule has 0 atom stereocenters. The van der Waals surface area contributed by atoms with Crippen LogP contribution < -0.4 is 10.6 Å². The molecule has 0 aliphatic rings. The summed E-state index contributed by atoms with van der Waals surface area (Å²) >= 11 is 0. The number of hydrogen-bond donors (Lipinski definition) is 2.